The zero-order valence-electron chi connectivity index (χ0n) is 13.4. The molecule has 2 aromatic carbocycles. The number of nitrogens with two attached hydrogens (primary N) is 2. The number of guanidine groups is 1. The van der Waals surface area contributed by atoms with Gasteiger partial charge in [-0.3, -0.25) is 0 Å². The lowest BCUT2D eigenvalue weighted by Crippen LogP contribution is -2.22. The van der Waals surface area contributed by atoms with Crippen LogP contribution >= 0.6 is 0 Å². The first-order valence-corrected chi connectivity index (χ1v) is 7.08. The fourth-order valence-electron chi connectivity index (χ4n) is 3.04. The Hall–Kier alpha value is -2.29. The van der Waals surface area contributed by atoms with Crippen LogP contribution in [-0.2, 0) is 0 Å². The van der Waals surface area contributed by atoms with Crippen LogP contribution in [0, 0.1) is 34.6 Å². The lowest BCUT2D eigenvalue weighted by Gasteiger charge is -2.15. The van der Waals surface area contributed by atoms with E-state index in [-0.39, 0.29) is 5.96 Å². The van der Waals surface area contributed by atoms with Gasteiger partial charge in [-0.2, -0.15) is 0 Å². The highest BCUT2D eigenvalue weighted by Crippen LogP contribution is 2.34. The Morgan fingerprint density at radius 2 is 1.24 bits per heavy atom. The van der Waals surface area contributed by atoms with Crippen LogP contribution in [0.3, 0.4) is 0 Å². The molecule has 0 saturated carbocycles. The lowest BCUT2D eigenvalue weighted by molar-refractivity contribution is 1.28. The Bertz CT molecular complexity index is 677. The van der Waals surface area contributed by atoms with Crippen molar-refractivity contribution in [1.82, 2.24) is 0 Å². The molecular formula is C18H23N3. The highest BCUT2D eigenvalue weighted by Gasteiger charge is 2.10. The molecule has 21 heavy (non-hydrogen) atoms. The summed E-state index contributed by atoms with van der Waals surface area (Å²) in [5, 5.41) is 0. The van der Waals surface area contributed by atoms with Gasteiger partial charge >= 0.3 is 0 Å². The van der Waals surface area contributed by atoms with Crippen molar-refractivity contribution in [3.05, 3.63) is 52.1 Å². The second-order valence-corrected chi connectivity index (χ2v) is 5.77. The fourth-order valence-corrected chi connectivity index (χ4v) is 3.04. The predicted molar refractivity (Wildman–Crippen MR) is 91.0 cm³/mol. The summed E-state index contributed by atoms with van der Waals surface area (Å²) in [5.74, 6) is 0.0941. The van der Waals surface area contributed by atoms with Crippen molar-refractivity contribution in [2.45, 2.75) is 34.6 Å². The largest absolute Gasteiger partial charge is 0.370 e. The molecule has 0 aromatic heterocycles. The molecule has 0 heterocycles. The molecule has 0 spiro atoms. The van der Waals surface area contributed by atoms with E-state index < -0.39 is 0 Å². The lowest BCUT2D eigenvalue weighted by atomic mass is 9.91. The summed E-state index contributed by atoms with van der Waals surface area (Å²) in [7, 11) is 0. The van der Waals surface area contributed by atoms with Crippen LogP contribution in [0.1, 0.15) is 27.8 Å². The van der Waals surface area contributed by atoms with Crippen molar-refractivity contribution in [2.75, 3.05) is 0 Å². The van der Waals surface area contributed by atoms with Crippen LogP contribution in [0.2, 0.25) is 0 Å². The second-order valence-electron chi connectivity index (χ2n) is 5.77. The Balaban J connectivity index is 2.65. The van der Waals surface area contributed by atoms with Gasteiger partial charge in [0.15, 0.2) is 5.96 Å². The van der Waals surface area contributed by atoms with Crippen LogP contribution in [0.4, 0.5) is 5.69 Å². The number of hydrogen-bond donors (Lipinski definition) is 2. The molecule has 4 N–H and O–H groups in total. The highest BCUT2D eigenvalue weighted by molar-refractivity contribution is 5.82. The summed E-state index contributed by atoms with van der Waals surface area (Å²) in [6.07, 6.45) is 0. The van der Waals surface area contributed by atoms with Crippen LogP contribution in [0.15, 0.2) is 29.3 Å². The third kappa shape index (κ3) is 3.07. The maximum atomic E-state index is 5.50. The Kier molecular flexibility index (Phi) is 4.03. The summed E-state index contributed by atoms with van der Waals surface area (Å²) in [5.41, 5.74) is 20.4. The Morgan fingerprint density at radius 1 is 0.762 bits per heavy atom. The Labute approximate surface area is 126 Å². The standard InChI is InChI=1S/C18H23N3/c1-10-6-11(2)16(12(3)7-10)15-8-13(4)17(14(5)9-15)21-18(19)20/h6-9H,1-5H3,(H4,19,20,21). The summed E-state index contributed by atoms with van der Waals surface area (Å²) in [6, 6.07) is 8.74. The van der Waals surface area contributed by atoms with E-state index >= 15 is 0 Å². The molecule has 2 rings (SSSR count). The maximum Gasteiger partial charge on any atom is 0.191 e. The van der Waals surface area contributed by atoms with Gasteiger partial charge in [-0.15, -0.1) is 0 Å². The monoisotopic (exact) mass is 281 g/mol. The van der Waals surface area contributed by atoms with Gasteiger partial charge in [-0.1, -0.05) is 17.7 Å². The molecule has 0 aliphatic carbocycles. The number of rotatable bonds is 2. The smallest absolute Gasteiger partial charge is 0.191 e. The number of aryl methyl sites for hydroxylation is 5. The van der Waals surface area contributed by atoms with E-state index in [9.17, 15) is 0 Å². The molecule has 0 bridgehead atoms. The summed E-state index contributed by atoms with van der Waals surface area (Å²) < 4.78 is 0. The molecule has 110 valence electrons. The minimum absolute atomic E-state index is 0.0941. The molecule has 0 unspecified atom stereocenters. The summed E-state index contributed by atoms with van der Waals surface area (Å²) in [4.78, 5) is 4.22. The first-order chi connectivity index (χ1) is 9.79. The molecule has 3 nitrogen and oxygen atoms in total. The van der Waals surface area contributed by atoms with Crippen molar-refractivity contribution < 1.29 is 0 Å². The van der Waals surface area contributed by atoms with Crippen molar-refractivity contribution >= 4 is 11.6 Å². The van der Waals surface area contributed by atoms with E-state index in [0.29, 0.717) is 0 Å². The van der Waals surface area contributed by atoms with Crippen LogP contribution in [0.25, 0.3) is 11.1 Å². The van der Waals surface area contributed by atoms with Gasteiger partial charge in [-0.05, 0) is 80.1 Å². The van der Waals surface area contributed by atoms with Crippen molar-refractivity contribution in [3.63, 3.8) is 0 Å². The number of benzene rings is 2. The minimum atomic E-state index is 0.0941. The molecule has 0 fully saturated rings. The molecular weight excluding hydrogens is 258 g/mol. The van der Waals surface area contributed by atoms with Gasteiger partial charge in [-0.25, -0.2) is 4.99 Å². The van der Waals surface area contributed by atoms with Crippen molar-refractivity contribution in [2.24, 2.45) is 16.5 Å². The quantitative estimate of drug-likeness (QED) is 0.649. The molecule has 0 atom stereocenters. The molecule has 0 radical (unpaired) electrons. The first kappa shape index (κ1) is 15.1. The van der Waals surface area contributed by atoms with Gasteiger partial charge in [0.25, 0.3) is 0 Å². The molecule has 2 aromatic rings. The van der Waals surface area contributed by atoms with Crippen molar-refractivity contribution in [1.29, 1.82) is 0 Å². The van der Waals surface area contributed by atoms with E-state index in [1.165, 1.54) is 27.8 Å². The van der Waals surface area contributed by atoms with Gasteiger partial charge in [0.05, 0.1) is 5.69 Å². The number of aliphatic imine (C=N–C) groups is 1. The molecule has 3 heteroatoms. The van der Waals surface area contributed by atoms with Gasteiger partial charge in [0, 0.05) is 0 Å². The third-order valence-corrected chi connectivity index (χ3v) is 3.70. The van der Waals surface area contributed by atoms with Crippen LogP contribution < -0.4 is 11.5 Å². The van der Waals surface area contributed by atoms with Crippen molar-refractivity contribution in [3.8, 4) is 11.1 Å². The highest BCUT2D eigenvalue weighted by atomic mass is 15.0. The zero-order chi connectivity index (χ0) is 15.7. The van der Waals surface area contributed by atoms with Gasteiger partial charge < -0.3 is 11.5 Å². The molecule has 0 saturated heterocycles. The zero-order valence-corrected chi connectivity index (χ0v) is 13.4. The molecule has 0 amide bonds. The van der Waals surface area contributed by atoms with Crippen LogP contribution in [-0.4, -0.2) is 5.96 Å². The SMILES string of the molecule is Cc1cc(C)c(-c2cc(C)c(N=C(N)N)c(C)c2)c(C)c1. The average molecular weight is 281 g/mol. The molecule has 0 aliphatic heterocycles. The fraction of sp³-hybridized carbons (Fsp3) is 0.278. The van der Waals surface area contributed by atoms with Gasteiger partial charge in [0.2, 0.25) is 0 Å². The van der Waals surface area contributed by atoms with E-state index in [2.05, 4.69) is 50.0 Å². The van der Waals surface area contributed by atoms with E-state index in [1.54, 1.807) is 0 Å². The predicted octanol–water partition coefficient (Wildman–Crippen LogP) is 3.80. The number of hydrogen-bond acceptors (Lipinski definition) is 1. The van der Waals surface area contributed by atoms with E-state index in [4.69, 9.17) is 11.5 Å². The molecule has 0 aliphatic rings. The summed E-state index contributed by atoms with van der Waals surface area (Å²) in [6.45, 7) is 10.5. The topological polar surface area (TPSA) is 64.4 Å². The maximum absolute atomic E-state index is 5.50. The normalized spacial score (nSPS) is 10.5. The first-order valence-electron chi connectivity index (χ1n) is 7.08. The Morgan fingerprint density at radius 3 is 1.67 bits per heavy atom. The minimum Gasteiger partial charge on any atom is -0.370 e. The average Bonchev–Trinajstić information content (AvgIpc) is 2.32. The van der Waals surface area contributed by atoms with E-state index in [0.717, 1.165) is 16.8 Å². The van der Waals surface area contributed by atoms with E-state index in [1.807, 2.05) is 13.8 Å². The summed E-state index contributed by atoms with van der Waals surface area (Å²) >= 11 is 0. The third-order valence-electron chi connectivity index (χ3n) is 3.70. The van der Waals surface area contributed by atoms with Crippen LogP contribution in [0.5, 0.6) is 0 Å². The second kappa shape index (κ2) is 5.60. The van der Waals surface area contributed by atoms with Gasteiger partial charge in [0.1, 0.15) is 0 Å². The number of nitrogens with zero attached hydrogens (tertiary/aromatic N) is 1.